The van der Waals surface area contributed by atoms with Gasteiger partial charge in [0.25, 0.3) is 0 Å². The Morgan fingerprint density at radius 3 is 2.87 bits per heavy atom. The third-order valence-electron chi connectivity index (χ3n) is 6.30. The second-order valence-corrected chi connectivity index (χ2v) is 7.54. The molecule has 6 heteroatoms. The molecule has 2 aliphatic carbocycles. The van der Waals surface area contributed by atoms with Crippen molar-refractivity contribution in [1.29, 1.82) is 0 Å². The Morgan fingerprint density at radius 1 is 1.39 bits per heavy atom. The van der Waals surface area contributed by atoms with Crippen molar-refractivity contribution < 1.29 is 9.53 Å². The largest absolute Gasteiger partial charge is 0.381 e. The van der Waals surface area contributed by atoms with Crippen molar-refractivity contribution in [3.8, 4) is 0 Å². The Bertz CT molecular complexity index is 579. The van der Waals surface area contributed by atoms with Gasteiger partial charge in [-0.25, -0.2) is 0 Å². The highest BCUT2D eigenvalue weighted by Crippen LogP contribution is 2.52. The van der Waals surface area contributed by atoms with Gasteiger partial charge in [-0.1, -0.05) is 6.42 Å². The van der Waals surface area contributed by atoms with Gasteiger partial charge in [-0.2, -0.15) is 5.10 Å². The van der Waals surface area contributed by atoms with Crippen LogP contribution >= 0.6 is 0 Å². The first-order valence-electron chi connectivity index (χ1n) is 8.85. The van der Waals surface area contributed by atoms with Gasteiger partial charge in [-0.15, -0.1) is 0 Å². The minimum Gasteiger partial charge on any atom is -0.381 e. The lowest BCUT2D eigenvalue weighted by Crippen LogP contribution is -2.46. The lowest BCUT2D eigenvalue weighted by atomic mass is 9.79. The van der Waals surface area contributed by atoms with Gasteiger partial charge in [-0.05, 0) is 43.9 Å². The molecule has 3 atom stereocenters. The summed E-state index contributed by atoms with van der Waals surface area (Å²) in [6, 6.07) is 2.02. The quantitative estimate of drug-likeness (QED) is 0.791. The molecule has 1 amide bonds. The van der Waals surface area contributed by atoms with E-state index in [1.807, 2.05) is 6.07 Å². The second-order valence-electron chi connectivity index (χ2n) is 7.54. The molecule has 0 aromatic carbocycles. The molecule has 2 saturated carbocycles. The van der Waals surface area contributed by atoms with Crippen LogP contribution in [-0.2, 0) is 9.53 Å². The van der Waals surface area contributed by atoms with E-state index in [-0.39, 0.29) is 5.91 Å². The Balaban J connectivity index is 1.44. The lowest BCUT2D eigenvalue weighted by molar-refractivity contribution is -0.130. The standard InChI is InChI=1S/C17H26N4O2/c18-10-17(3-5-23-6-4-17)16(22)19-15-9-14(20-21-15)13-8-11-1-2-12(13)7-11/h9,11-13H,1-8,10,18H2,(H2,19,20,21,22). The molecule has 1 aromatic heterocycles. The number of anilines is 1. The summed E-state index contributed by atoms with van der Waals surface area (Å²) < 4.78 is 5.37. The average Bonchev–Trinajstić information content (AvgIpc) is 3.31. The zero-order chi connectivity index (χ0) is 15.9. The van der Waals surface area contributed by atoms with Crippen LogP contribution in [-0.4, -0.2) is 35.9 Å². The molecule has 3 fully saturated rings. The molecule has 0 spiro atoms. The molecule has 0 radical (unpaired) electrons. The van der Waals surface area contributed by atoms with Gasteiger partial charge < -0.3 is 15.8 Å². The van der Waals surface area contributed by atoms with Gasteiger partial charge in [-0.3, -0.25) is 9.89 Å². The molecule has 1 saturated heterocycles. The zero-order valence-electron chi connectivity index (χ0n) is 13.5. The number of carbonyl (C=O) groups is 1. The summed E-state index contributed by atoms with van der Waals surface area (Å²) in [4.78, 5) is 12.7. The fraction of sp³-hybridized carbons (Fsp3) is 0.765. The Labute approximate surface area is 136 Å². The Morgan fingerprint density at radius 2 is 2.22 bits per heavy atom. The third-order valence-corrected chi connectivity index (χ3v) is 6.30. The van der Waals surface area contributed by atoms with Crippen molar-refractivity contribution >= 4 is 11.7 Å². The van der Waals surface area contributed by atoms with Gasteiger partial charge >= 0.3 is 0 Å². The molecule has 2 bridgehead atoms. The number of hydrogen-bond acceptors (Lipinski definition) is 4. The van der Waals surface area contributed by atoms with E-state index in [1.165, 1.54) is 31.4 Å². The van der Waals surface area contributed by atoms with Crippen molar-refractivity contribution in [2.45, 2.75) is 44.4 Å². The summed E-state index contributed by atoms with van der Waals surface area (Å²) in [5, 5.41) is 10.4. The molecule has 1 aromatic rings. The highest BCUT2D eigenvalue weighted by Gasteiger charge is 2.42. The Hall–Kier alpha value is -1.40. The number of carbonyl (C=O) groups excluding carboxylic acids is 1. The summed E-state index contributed by atoms with van der Waals surface area (Å²) >= 11 is 0. The maximum absolute atomic E-state index is 12.7. The molecule has 126 valence electrons. The predicted molar refractivity (Wildman–Crippen MR) is 86.9 cm³/mol. The number of nitrogens with two attached hydrogens (primary N) is 1. The van der Waals surface area contributed by atoms with Crippen molar-refractivity contribution in [3.63, 3.8) is 0 Å². The van der Waals surface area contributed by atoms with E-state index in [0.29, 0.717) is 44.3 Å². The fourth-order valence-electron chi connectivity index (χ4n) is 4.75. The van der Waals surface area contributed by atoms with Gasteiger partial charge in [0.15, 0.2) is 5.82 Å². The highest BCUT2D eigenvalue weighted by atomic mass is 16.5. The number of ether oxygens (including phenoxy) is 1. The second kappa shape index (κ2) is 5.91. The first-order chi connectivity index (χ1) is 11.2. The van der Waals surface area contributed by atoms with E-state index in [1.54, 1.807) is 0 Å². The minimum atomic E-state index is -0.510. The van der Waals surface area contributed by atoms with Crippen molar-refractivity contribution in [3.05, 3.63) is 11.8 Å². The van der Waals surface area contributed by atoms with Gasteiger partial charge in [0.05, 0.1) is 5.41 Å². The lowest BCUT2D eigenvalue weighted by Gasteiger charge is -2.34. The van der Waals surface area contributed by atoms with Crippen LogP contribution in [0.2, 0.25) is 0 Å². The summed E-state index contributed by atoms with van der Waals surface area (Å²) in [6.45, 7) is 1.55. The number of amides is 1. The van der Waals surface area contributed by atoms with Gasteiger partial charge in [0.2, 0.25) is 5.91 Å². The number of aromatic amines is 1. The molecule has 3 unspecified atom stereocenters. The number of H-pyrrole nitrogens is 1. The van der Waals surface area contributed by atoms with E-state index in [9.17, 15) is 4.79 Å². The average molecular weight is 318 g/mol. The minimum absolute atomic E-state index is 0.0192. The summed E-state index contributed by atoms with van der Waals surface area (Å²) in [5.74, 6) is 2.91. The van der Waals surface area contributed by atoms with Crippen LogP contribution < -0.4 is 11.1 Å². The first-order valence-corrected chi connectivity index (χ1v) is 8.85. The van der Waals surface area contributed by atoms with Crippen LogP contribution in [0.5, 0.6) is 0 Å². The number of hydrogen-bond donors (Lipinski definition) is 3. The van der Waals surface area contributed by atoms with Crippen LogP contribution in [0.3, 0.4) is 0 Å². The molecule has 4 N–H and O–H groups in total. The van der Waals surface area contributed by atoms with Crippen LogP contribution in [0.25, 0.3) is 0 Å². The van der Waals surface area contributed by atoms with Gasteiger partial charge in [0.1, 0.15) is 0 Å². The van der Waals surface area contributed by atoms with Crippen molar-refractivity contribution in [1.82, 2.24) is 10.2 Å². The van der Waals surface area contributed by atoms with Crippen molar-refractivity contribution in [2.24, 2.45) is 23.0 Å². The first kappa shape index (κ1) is 15.1. The summed E-state index contributed by atoms with van der Waals surface area (Å²) in [7, 11) is 0. The maximum atomic E-state index is 12.7. The number of nitrogens with zero attached hydrogens (tertiary/aromatic N) is 1. The summed E-state index contributed by atoms with van der Waals surface area (Å²) in [6.07, 6.45) is 6.72. The molecule has 23 heavy (non-hydrogen) atoms. The molecule has 6 nitrogen and oxygen atoms in total. The van der Waals surface area contributed by atoms with E-state index >= 15 is 0 Å². The van der Waals surface area contributed by atoms with E-state index in [0.717, 1.165) is 11.8 Å². The number of nitrogens with one attached hydrogen (secondary N) is 2. The van der Waals surface area contributed by atoms with Crippen LogP contribution in [0, 0.1) is 17.3 Å². The molecular formula is C17H26N4O2. The fourth-order valence-corrected chi connectivity index (χ4v) is 4.75. The SMILES string of the molecule is NCC1(C(=O)Nc2cc(C3CC4CCC3C4)[nH]n2)CCOCC1. The molecule has 3 aliphatic rings. The smallest absolute Gasteiger partial charge is 0.233 e. The van der Waals surface area contributed by atoms with Gasteiger partial charge in [0, 0.05) is 37.4 Å². The zero-order valence-corrected chi connectivity index (χ0v) is 13.5. The third kappa shape index (κ3) is 2.68. The molecule has 4 rings (SSSR count). The predicted octanol–water partition coefficient (Wildman–Crippen LogP) is 2.01. The van der Waals surface area contributed by atoms with Crippen molar-refractivity contribution in [2.75, 3.05) is 25.1 Å². The monoisotopic (exact) mass is 318 g/mol. The maximum Gasteiger partial charge on any atom is 0.233 e. The number of aromatic nitrogens is 2. The topological polar surface area (TPSA) is 93.0 Å². The van der Waals surface area contributed by atoms with Crippen LogP contribution in [0.1, 0.15) is 50.1 Å². The van der Waals surface area contributed by atoms with Crippen LogP contribution in [0.4, 0.5) is 5.82 Å². The van der Waals surface area contributed by atoms with Crippen LogP contribution in [0.15, 0.2) is 6.07 Å². The molecular weight excluding hydrogens is 292 g/mol. The van der Waals surface area contributed by atoms with E-state index in [2.05, 4.69) is 15.5 Å². The highest BCUT2D eigenvalue weighted by molar-refractivity contribution is 5.94. The van der Waals surface area contributed by atoms with E-state index in [4.69, 9.17) is 10.5 Å². The normalized spacial score (nSPS) is 32.1. The number of rotatable bonds is 4. The van der Waals surface area contributed by atoms with E-state index < -0.39 is 5.41 Å². The number of fused-ring (bicyclic) bond motifs is 2. The summed E-state index contributed by atoms with van der Waals surface area (Å²) in [5.41, 5.74) is 6.57. The molecule has 2 heterocycles. The Kier molecular flexibility index (Phi) is 3.89. The molecule has 1 aliphatic heterocycles.